The Kier molecular flexibility index (Phi) is 8.63. The highest BCUT2D eigenvalue weighted by atomic mass is 79.9. The van der Waals surface area contributed by atoms with Gasteiger partial charge >= 0.3 is 0 Å². The quantitative estimate of drug-likeness (QED) is 0.130. The third kappa shape index (κ3) is 7.19. The summed E-state index contributed by atoms with van der Waals surface area (Å²) < 4.78 is 20.2. The predicted molar refractivity (Wildman–Crippen MR) is 162 cm³/mol. The van der Waals surface area contributed by atoms with Crippen LogP contribution in [0.25, 0.3) is 11.3 Å². The maximum atomic E-state index is 13.5. The Balaban J connectivity index is 1.20. The number of benzene rings is 4. The van der Waals surface area contributed by atoms with Gasteiger partial charge in [-0.05, 0) is 67.1 Å². The number of anilines is 2. The molecule has 0 radical (unpaired) electrons. The molecule has 9 heteroatoms. The maximum absolute atomic E-state index is 13.5. The van der Waals surface area contributed by atoms with Crippen molar-refractivity contribution in [1.82, 2.24) is 10.4 Å². The Morgan fingerprint density at radius 2 is 1.85 bits per heavy atom. The Morgan fingerprint density at radius 3 is 2.62 bits per heavy atom. The second-order valence-electron chi connectivity index (χ2n) is 8.91. The van der Waals surface area contributed by atoms with Gasteiger partial charge in [0.05, 0.1) is 11.9 Å². The summed E-state index contributed by atoms with van der Waals surface area (Å²) in [7, 11) is 0. The Labute approximate surface area is 243 Å². The van der Waals surface area contributed by atoms with Crippen molar-refractivity contribution in [1.29, 1.82) is 0 Å². The Hall–Kier alpha value is -4.34. The third-order valence-corrected chi connectivity index (χ3v) is 7.13. The molecule has 200 valence electrons. The minimum absolute atomic E-state index is 0.196. The van der Waals surface area contributed by atoms with Crippen LogP contribution in [-0.4, -0.2) is 17.1 Å². The number of aryl methyl sites for hydroxylation is 1. The van der Waals surface area contributed by atoms with Gasteiger partial charge in [-0.2, -0.15) is 5.10 Å². The number of nitrogens with one attached hydrogen (secondary N) is 2. The molecule has 1 aromatic heterocycles. The number of nitrogens with zero attached hydrogens (tertiary/aromatic N) is 2. The molecule has 0 unspecified atom stereocenters. The van der Waals surface area contributed by atoms with Gasteiger partial charge < -0.3 is 10.1 Å². The van der Waals surface area contributed by atoms with Crippen molar-refractivity contribution in [2.45, 2.75) is 13.5 Å². The number of carbonyl (C=O) groups is 1. The van der Waals surface area contributed by atoms with E-state index in [0.717, 1.165) is 26.5 Å². The van der Waals surface area contributed by atoms with Gasteiger partial charge in [-0.3, -0.25) is 4.79 Å². The van der Waals surface area contributed by atoms with E-state index >= 15 is 0 Å². The molecule has 5 aromatic rings. The molecule has 0 bridgehead atoms. The molecule has 1 heterocycles. The number of aromatic nitrogens is 1. The number of thiazole rings is 1. The standard InChI is InChI=1S/C31H24BrFN4O2S/c1-20-5-12-27(13-6-20)35-31-36-28(19-40-31)22-7-9-23(10-8-22)30(38)37-34-17-24-16-25(32)11-14-29(24)39-18-21-3-2-4-26(33)15-21/h2-17,19H,18H2,1H3,(H,35,36)(H,37,38)/b34-17-. The summed E-state index contributed by atoms with van der Waals surface area (Å²) in [5.74, 6) is -0.116. The Bertz CT molecular complexity index is 1650. The summed E-state index contributed by atoms with van der Waals surface area (Å²) in [4.78, 5) is 17.3. The molecule has 0 saturated carbocycles. The van der Waals surface area contributed by atoms with E-state index in [2.05, 4.69) is 36.8 Å². The van der Waals surface area contributed by atoms with Gasteiger partial charge in [-0.15, -0.1) is 11.3 Å². The number of hydrogen-bond acceptors (Lipinski definition) is 6. The fourth-order valence-electron chi connectivity index (χ4n) is 3.78. The summed E-state index contributed by atoms with van der Waals surface area (Å²) >= 11 is 4.96. The summed E-state index contributed by atoms with van der Waals surface area (Å²) in [5.41, 5.74) is 8.29. The second kappa shape index (κ2) is 12.7. The first-order valence-corrected chi connectivity index (χ1v) is 14.0. The molecule has 1 amide bonds. The average molecular weight is 616 g/mol. The van der Waals surface area contributed by atoms with E-state index in [1.165, 1.54) is 35.2 Å². The third-order valence-electron chi connectivity index (χ3n) is 5.87. The van der Waals surface area contributed by atoms with Crippen molar-refractivity contribution in [3.63, 3.8) is 0 Å². The molecule has 0 atom stereocenters. The monoisotopic (exact) mass is 614 g/mol. The zero-order valence-electron chi connectivity index (χ0n) is 21.4. The molecule has 4 aromatic carbocycles. The molecular weight excluding hydrogens is 591 g/mol. The van der Waals surface area contributed by atoms with E-state index in [1.807, 2.05) is 60.8 Å². The number of hydrazone groups is 1. The topological polar surface area (TPSA) is 75.6 Å². The second-order valence-corrected chi connectivity index (χ2v) is 10.7. The van der Waals surface area contributed by atoms with Crippen molar-refractivity contribution in [2.24, 2.45) is 5.10 Å². The van der Waals surface area contributed by atoms with Crippen molar-refractivity contribution in [3.05, 3.63) is 129 Å². The van der Waals surface area contributed by atoms with Gasteiger partial charge in [-0.1, -0.05) is 57.9 Å². The zero-order chi connectivity index (χ0) is 27.9. The van der Waals surface area contributed by atoms with Gasteiger partial charge in [0.2, 0.25) is 0 Å². The lowest BCUT2D eigenvalue weighted by molar-refractivity contribution is 0.0955. The van der Waals surface area contributed by atoms with Crippen LogP contribution in [-0.2, 0) is 6.61 Å². The van der Waals surface area contributed by atoms with Crippen LogP contribution in [0.15, 0.2) is 106 Å². The predicted octanol–water partition coefficient (Wildman–Crippen LogP) is 8.11. The molecule has 0 aliphatic carbocycles. The number of hydrogen-bond donors (Lipinski definition) is 2. The number of ether oxygens (including phenoxy) is 1. The molecule has 6 nitrogen and oxygen atoms in total. The van der Waals surface area contributed by atoms with Gasteiger partial charge in [0.15, 0.2) is 5.13 Å². The molecular formula is C31H24BrFN4O2S. The van der Waals surface area contributed by atoms with E-state index in [9.17, 15) is 9.18 Å². The number of halogens is 2. The van der Waals surface area contributed by atoms with Gasteiger partial charge in [0.25, 0.3) is 5.91 Å². The largest absolute Gasteiger partial charge is 0.488 e. The molecule has 0 aliphatic rings. The van der Waals surface area contributed by atoms with Crippen LogP contribution in [0.1, 0.15) is 27.0 Å². The SMILES string of the molecule is Cc1ccc(Nc2nc(-c3ccc(C(=O)N/N=C\c4cc(Br)ccc4OCc4cccc(F)c4)cc3)cs2)cc1. The summed E-state index contributed by atoms with van der Waals surface area (Å²) in [6.07, 6.45) is 1.51. The molecule has 0 fully saturated rings. The van der Waals surface area contributed by atoms with E-state index in [-0.39, 0.29) is 18.3 Å². The van der Waals surface area contributed by atoms with Gasteiger partial charge in [0, 0.05) is 32.2 Å². The Morgan fingerprint density at radius 1 is 1.05 bits per heavy atom. The molecule has 0 spiro atoms. The number of amides is 1. The number of carbonyl (C=O) groups excluding carboxylic acids is 1. The van der Waals surface area contributed by atoms with Crippen molar-refractivity contribution >= 4 is 50.2 Å². The molecule has 0 saturated heterocycles. The van der Waals surface area contributed by atoms with Crippen LogP contribution < -0.4 is 15.5 Å². The van der Waals surface area contributed by atoms with Crippen molar-refractivity contribution < 1.29 is 13.9 Å². The molecule has 40 heavy (non-hydrogen) atoms. The molecule has 0 aliphatic heterocycles. The van der Waals surface area contributed by atoms with Crippen LogP contribution in [0.4, 0.5) is 15.2 Å². The highest BCUT2D eigenvalue weighted by Gasteiger charge is 2.09. The van der Waals surface area contributed by atoms with E-state index in [0.29, 0.717) is 22.4 Å². The minimum Gasteiger partial charge on any atom is -0.488 e. The van der Waals surface area contributed by atoms with E-state index in [1.54, 1.807) is 30.3 Å². The van der Waals surface area contributed by atoms with E-state index in [4.69, 9.17) is 4.74 Å². The summed E-state index contributed by atoms with van der Waals surface area (Å²) in [6.45, 7) is 2.25. The minimum atomic E-state index is -0.347. The van der Waals surface area contributed by atoms with Crippen molar-refractivity contribution in [2.75, 3.05) is 5.32 Å². The van der Waals surface area contributed by atoms with Crippen LogP contribution in [0.3, 0.4) is 0 Å². The zero-order valence-corrected chi connectivity index (χ0v) is 23.8. The van der Waals surface area contributed by atoms with Crippen LogP contribution in [0, 0.1) is 12.7 Å². The van der Waals surface area contributed by atoms with Crippen molar-refractivity contribution in [3.8, 4) is 17.0 Å². The van der Waals surface area contributed by atoms with Gasteiger partial charge in [-0.25, -0.2) is 14.8 Å². The van der Waals surface area contributed by atoms with Crippen LogP contribution >= 0.6 is 27.3 Å². The average Bonchev–Trinajstić information content (AvgIpc) is 3.42. The fourth-order valence-corrected chi connectivity index (χ4v) is 4.90. The normalized spacial score (nSPS) is 11.0. The lowest BCUT2D eigenvalue weighted by atomic mass is 10.1. The fraction of sp³-hybridized carbons (Fsp3) is 0.0645. The summed E-state index contributed by atoms with van der Waals surface area (Å²) in [5, 5.41) is 10.2. The molecule has 2 N–H and O–H groups in total. The first-order chi connectivity index (χ1) is 19.4. The smallest absolute Gasteiger partial charge is 0.271 e. The number of rotatable bonds is 9. The highest BCUT2D eigenvalue weighted by molar-refractivity contribution is 9.10. The summed E-state index contributed by atoms with van der Waals surface area (Å²) in [6, 6.07) is 27.0. The van der Waals surface area contributed by atoms with Crippen LogP contribution in [0.5, 0.6) is 5.75 Å². The van der Waals surface area contributed by atoms with E-state index < -0.39 is 0 Å². The van der Waals surface area contributed by atoms with Gasteiger partial charge in [0.1, 0.15) is 18.2 Å². The lowest BCUT2D eigenvalue weighted by Gasteiger charge is -2.10. The maximum Gasteiger partial charge on any atom is 0.271 e. The van der Waals surface area contributed by atoms with Crippen LogP contribution in [0.2, 0.25) is 0 Å². The first kappa shape index (κ1) is 27.2. The molecule has 5 rings (SSSR count). The highest BCUT2D eigenvalue weighted by Crippen LogP contribution is 2.28. The lowest BCUT2D eigenvalue weighted by Crippen LogP contribution is -2.17. The first-order valence-electron chi connectivity index (χ1n) is 12.3.